The van der Waals surface area contributed by atoms with Crippen LogP contribution in [0.5, 0.6) is 0 Å². The molecule has 5 nitrogen and oxygen atoms in total. The zero-order valence-electron chi connectivity index (χ0n) is 9.83. The van der Waals surface area contributed by atoms with Crippen molar-refractivity contribution in [3.05, 3.63) is 0 Å². The number of aliphatic carboxylic acids is 1. The van der Waals surface area contributed by atoms with Crippen LogP contribution < -0.4 is 10.4 Å². The smallest absolute Gasteiger partial charge is 0.146 e. The Labute approximate surface area is 90.8 Å². The van der Waals surface area contributed by atoms with E-state index < -0.39 is 5.97 Å². The van der Waals surface area contributed by atoms with Gasteiger partial charge in [0, 0.05) is 31.1 Å². The molecule has 0 aliphatic carbocycles. The predicted molar refractivity (Wildman–Crippen MR) is 54.1 cm³/mol. The van der Waals surface area contributed by atoms with Crippen LogP contribution in [0.4, 0.5) is 0 Å². The van der Waals surface area contributed by atoms with Gasteiger partial charge in [0.15, 0.2) is 0 Å². The fourth-order valence-electron chi connectivity index (χ4n) is 1.24. The van der Waals surface area contributed by atoms with Gasteiger partial charge in [0.25, 0.3) is 0 Å². The quantitative estimate of drug-likeness (QED) is 0.461. The van der Waals surface area contributed by atoms with Gasteiger partial charge in [-0.1, -0.05) is 0 Å². The first-order valence-electron chi connectivity index (χ1n) is 4.89. The number of methoxy groups -OCH3 is 1. The number of rotatable bonds is 7. The molecule has 0 radical (unpaired) electrons. The monoisotopic (exact) mass is 218 g/mol. The van der Waals surface area contributed by atoms with Crippen LogP contribution in [0.25, 0.3) is 0 Å². The van der Waals surface area contributed by atoms with Gasteiger partial charge in [-0.25, -0.2) is 0 Å². The Balaban J connectivity index is 4.01. The maximum atomic E-state index is 10.5. The second-order valence-corrected chi connectivity index (χ2v) is 4.44. The topological polar surface area (TPSA) is 70.6 Å². The first-order chi connectivity index (χ1) is 6.85. The number of carbonyl (C=O) groups is 1. The van der Waals surface area contributed by atoms with Crippen LogP contribution >= 0.6 is 0 Å². The largest absolute Gasteiger partial charge is 0.550 e. The molecular weight excluding hydrogens is 198 g/mol. The SMILES string of the molecule is COCOCC(CC(=O)[O-])NC(C)(C)C. The van der Waals surface area contributed by atoms with Crippen molar-refractivity contribution in [2.45, 2.75) is 38.8 Å². The van der Waals surface area contributed by atoms with E-state index >= 15 is 0 Å². The van der Waals surface area contributed by atoms with Crippen molar-refractivity contribution in [1.82, 2.24) is 5.32 Å². The van der Waals surface area contributed by atoms with Gasteiger partial charge in [0.1, 0.15) is 6.79 Å². The Morgan fingerprint density at radius 3 is 2.47 bits per heavy atom. The van der Waals surface area contributed by atoms with Crippen molar-refractivity contribution in [2.24, 2.45) is 0 Å². The fraction of sp³-hybridized carbons (Fsp3) is 0.900. The molecule has 0 aliphatic rings. The van der Waals surface area contributed by atoms with E-state index in [1.165, 1.54) is 7.11 Å². The van der Waals surface area contributed by atoms with Gasteiger partial charge in [-0.05, 0) is 20.8 Å². The predicted octanol–water partition coefficient (Wildman–Crippen LogP) is -0.496. The summed E-state index contributed by atoms with van der Waals surface area (Å²) in [6.45, 7) is 6.34. The third kappa shape index (κ3) is 9.65. The Kier molecular flexibility index (Phi) is 6.47. The molecule has 5 heteroatoms. The van der Waals surface area contributed by atoms with Gasteiger partial charge < -0.3 is 24.7 Å². The summed E-state index contributed by atoms with van der Waals surface area (Å²) in [5, 5.41) is 13.6. The van der Waals surface area contributed by atoms with E-state index in [2.05, 4.69) is 5.32 Å². The minimum atomic E-state index is -1.09. The van der Waals surface area contributed by atoms with Gasteiger partial charge in [-0.2, -0.15) is 0 Å². The minimum absolute atomic E-state index is 0.0685. The van der Waals surface area contributed by atoms with Crippen LogP contribution in [0.15, 0.2) is 0 Å². The molecule has 0 rings (SSSR count). The van der Waals surface area contributed by atoms with Crippen molar-refractivity contribution in [3.8, 4) is 0 Å². The number of carbonyl (C=O) groups excluding carboxylic acids is 1. The van der Waals surface area contributed by atoms with Gasteiger partial charge in [-0.15, -0.1) is 0 Å². The van der Waals surface area contributed by atoms with Crippen molar-refractivity contribution in [1.29, 1.82) is 0 Å². The van der Waals surface area contributed by atoms with E-state index in [-0.39, 0.29) is 24.8 Å². The maximum Gasteiger partial charge on any atom is 0.146 e. The summed E-state index contributed by atoms with van der Waals surface area (Å²) in [6, 6.07) is -0.259. The third-order valence-corrected chi connectivity index (χ3v) is 1.57. The average Bonchev–Trinajstić information content (AvgIpc) is 2.00. The van der Waals surface area contributed by atoms with Gasteiger partial charge in [0.05, 0.1) is 6.61 Å². The van der Waals surface area contributed by atoms with Crippen molar-refractivity contribution < 1.29 is 19.4 Å². The van der Waals surface area contributed by atoms with Gasteiger partial charge in [0.2, 0.25) is 0 Å². The summed E-state index contributed by atoms with van der Waals surface area (Å²) >= 11 is 0. The zero-order valence-corrected chi connectivity index (χ0v) is 9.83. The van der Waals surface area contributed by atoms with E-state index in [0.717, 1.165) is 0 Å². The number of carboxylic acid groups (broad SMARTS) is 1. The number of ether oxygens (including phenoxy) is 2. The van der Waals surface area contributed by atoms with E-state index in [4.69, 9.17) is 9.47 Å². The van der Waals surface area contributed by atoms with Crippen LogP contribution in [0, 0.1) is 0 Å². The third-order valence-electron chi connectivity index (χ3n) is 1.57. The normalized spacial score (nSPS) is 13.9. The lowest BCUT2D eigenvalue weighted by Gasteiger charge is -2.28. The highest BCUT2D eigenvalue weighted by Crippen LogP contribution is 2.04. The number of hydrogen-bond acceptors (Lipinski definition) is 5. The van der Waals surface area contributed by atoms with E-state index in [9.17, 15) is 9.90 Å². The molecule has 0 bridgehead atoms. The van der Waals surface area contributed by atoms with E-state index in [0.29, 0.717) is 6.61 Å². The second kappa shape index (κ2) is 6.76. The summed E-state index contributed by atoms with van der Waals surface area (Å²) in [4.78, 5) is 10.5. The molecule has 0 saturated heterocycles. The average molecular weight is 218 g/mol. The molecule has 0 aliphatic heterocycles. The van der Waals surface area contributed by atoms with Crippen LogP contribution in [-0.4, -0.2) is 38.1 Å². The van der Waals surface area contributed by atoms with Crippen LogP contribution in [0.1, 0.15) is 27.2 Å². The molecule has 0 aromatic rings. The van der Waals surface area contributed by atoms with Crippen molar-refractivity contribution in [2.75, 3.05) is 20.5 Å². The molecular formula is C10H20NO4-. The Hall–Kier alpha value is -0.650. The van der Waals surface area contributed by atoms with Crippen LogP contribution in [0.2, 0.25) is 0 Å². The Morgan fingerprint density at radius 1 is 1.47 bits per heavy atom. The standard InChI is InChI=1S/C10H21NO4/c1-10(2,3)11-8(5-9(12)13)6-15-7-14-4/h8,11H,5-7H2,1-4H3,(H,12,13)/p-1. The molecule has 0 spiro atoms. The fourth-order valence-corrected chi connectivity index (χ4v) is 1.24. The number of hydrogen-bond donors (Lipinski definition) is 1. The maximum absolute atomic E-state index is 10.5. The molecule has 0 fully saturated rings. The first-order valence-corrected chi connectivity index (χ1v) is 4.89. The first kappa shape index (κ1) is 14.3. The van der Waals surface area contributed by atoms with E-state index in [1.54, 1.807) is 0 Å². The van der Waals surface area contributed by atoms with Gasteiger partial charge in [-0.3, -0.25) is 0 Å². The van der Waals surface area contributed by atoms with Crippen LogP contribution in [-0.2, 0) is 14.3 Å². The lowest BCUT2D eigenvalue weighted by Crippen LogP contribution is -2.48. The molecule has 0 aromatic carbocycles. The molecule has 90 valence electrons. The summed E-state index contributed by atoms with van der Waals surface area (Å²) in [5.74, 6) is -1.09. The number of nitrogens with one attached hydrogen (secondary N) is 1. The molecule has 1 N–H and O–H groups in total. The highest BCUT2D eigenvalue weighted by Gasteiger charge is 2.17. The summed E-state index contributed by atoms with van der Waals surface area (Å²) < 4.78 is 9.83. The van der Waals surface area contributed by atoms with E-state index in [1.807, 2.05) is 20.8 Å². The van der Waals surface area contributed by atoms with Gasteiger partial charge >= 0.3 is 0 Å². The Bertz CT molecular complexity index is 188. The lowest BCUT2D eigenvalue weighted by molar-refractivity contribution is -0.306. The Morgan fingerprint density at radius 2 is 2.07 bits per heavy atom. The zero-order chi connectivity index (χ0) is 11.9. The molecule has 1 atom stereocenters. The highest BCUT2D eigenvalue weighted by atomic mass is 16.7. The molecule has 1 unspecified atom stereocenters. The molecule has 15 heavy (non-hydrogen) atoms. The molecule has 0 aromatic heterocycles. The molecule has 0 amide bonds. The molecule has 0 saturated carbocycles. The van der Waals surface area contributed by atoms with Crippen molar-refractivity contribution in [3.63, 3.8) is 0 Å². The lowest BCUT2D eigenvalue weighted by atomic mass is 10.1. The summed E-state index contributed by atoms with van der Waals surface area (Å²) in [7, 11) is 1.52. The number of carboxylic acids is 1. The minimum Gasteiger partial charge on any atom is -0.550 e. The van der Waals surface area contributed by atoms with Crippen molar-refractivity contribution >= 4 is 5.97 Å². The highest BCUT2D eigenvalue weighted by molar-refractivity contribution is 5.65. The molecule has 0 heterocycles. The second-order valence-electron chi connectivity index (χ2n) is 4.44. The summed E-state index contributed by atoms with van der Waals surface area (Å²) in [5.41, 5.74) is -0.156. The summed E-state index contributed by atoms with van der Waals surface area (Å²) in [6.07, 6.45) is -0.0685. The van der Waals surface area contributed by atoms with Crippen LogP contribution in [0.3, 0.4) is 0 Å².